The maximum absolute atomic E-state index is 11.8. The summed E-state index contributed by atoms with van der Waals surface area (Å²) in [6.45, 7) is 0. The number of para-hydroxylation sites is 1. The molecular formula is C14H10N2O4. The smallest absolute Gasteiger partial charge is 0.358 e. The molecule has 0 saturated carbocycles. The minimum absolute atomic E-state index is 0.0291. The Balaban J connectivity index is 2.46. The molecule has 0 unspecified atom stereocenters. The van der Waals surface area contributed by atoms with Crippen molar-refractivity contribution in [2.24, 2.45) is 0 Å². The third kappa shape index (κ3) is 1.70. The number of aromatic amines is 1. The van der Waals surface area contributed by atoms with Crippen LogP contribution in [-0.4, -0.2) is 34.1 Å². The molecule has 6 nitrogen and oxygen atoms in total. The van der Waals surface area contributed by atoms with Gasteiger partial charge in [0.2, 0.25) is 0 Å². The Hall–Kier alpha value is -2.89. The zero-order valence-corrected chi connectivity index (χ0v) is 10.5. The van der Waals surface area contributed by atoms with Crippen molar-refractivity contribution in [1.29, 1.82) is 0 Å². The van der Waals surface area contributed by atoms with E-state index < -0.39 is 11.9 Å². The first-order valence-electron chi connectivity index (χ1n) is 5.85. The number of benzene rings is 1. The molecule has 2 N–H and O–H groups in total. The number of esters is 1. The van der Waals surface area contributed by atoms with Gasteiger partial charge in [-0.3, -0.25) is 0 Å². The lowest BCUT2D eigenvalue weighted by molar-refractivity contribution is 0.0596. The minimum atomic E-state index is -1.19. The molecule has 20 heavy (non-hydrogen) atoms. The molecule has 0 aliphatic rings. The Morgan fingerprint density at radius 3 is 2.70 bits per heavy atom. The zero-order chi connectivity index (χ0) is 14.3. The Labute approximate surface area is 113 Å². The van der Waals surface area contributed by atoms with Crippen LogP contribution in [0.25, 0.3) is 21.8 Å². The number of pyridine rings is 1. The van der Waals surface area contributed by atoms with E-state index in [-0.39, 0.29) is 11.4 Å². The van der Waals surface area contributed by atoms with E-state index in [1.807, 2.05) is 24.3 Å². The largest absolute Gasteiger partial charge is 0.477 e. The number of carbonyl (C=O) groups excluding carboxylic acids is 1. The average molecular weight is 270 g/mol. The highest BCUT2D eigenvalue weighted by Gasteiger charge is 2.19. The van der Waals surface area contributed by atoms with Gasteiger partial charge in [0.15, 0.2) is 5.69 Å². The third-order valence-electron chi connectivity index (χ3n) is 3.09. The quantitative estimate of drug-likeness (QED) is 0.696. The summed E-state index contributed by atoms with van der Waals surface area (Å²) in [6, 6.07) is 8.83. The van der Waals surface area contributed by atoms with Crippen molar-refractivity contribution in [3.05, 3.63) is 41.7 Å². The molecule has 3 rings (SSSR count). The number of methoxy groups -OCH3 is 1. The Bertz CT molecular complexity index is 851. The summed E-state index contributed by atoms with van der Waals surface area (Å²) in [6.07, 6.45) is 0. The van der Waals surface area contributed by atoms with E-state index in [4.69, 9.17) is 5.11 Å². The predicted octanol–water partition coefficient (Wildman–Crippen LogP) is 2.20. The number of aromatic carboxylic acids is 1. The van der Waals surface area contributed by atoms with E-state index >= 15 is 0 Å². The number of aromatic nitrogens is 2. The van der Waals surface area contributed by atoms with E-state index in [0.717, 1.165) is 10.9 Å². The third-order valence-corrected chi connectivity index (χ3v) is 3.09. The van der Waals surface area contributed by atoms with Gasteiger partial charge in [-0.15, -0.1) is 0 Å². The fourth-order valence-corrected chi connectivity index (χ4v) is 2.20. The Kier molecular flexibility index (Phi) is 2.64. The van der Waals surface area contributed by atoms with Gasteiger partial charge >= 0.3 is 11.9 Å². The number of carboxylic acids is 1. The number of ether oxygens (including phenoxy) is 1. The van der Waals surface area contributed by atoms with Crippen LogP contribution in [0.1, 0.15) is 21.0 Å². The fourth-order valence-electron chi connectivity index (χ4n) is 2.20. The van der Waals surface area contributed by atoms with Gasteiger partial charge < -0.3 is 14.8 Å². The summed E-state index contributed by atoms with van der Waals surface area (Å²) < 4.78 is 4.66. The number of fused-ring (bicyclic) bond motifs is 3. The molecule has 0 aliphatic carbocycles. The first-order chi connectivity index (χ1) is 9.61. The number of hydrogen-bond acceptors (Lipinski definition) is 4. The molecule has 0 atom stereocenters. The van der Waals surface area contributed by atoms with E-state index in [2.05, 4.69) is 14.7 Å². The molecule has 0 bridgehead atoms. The van der Waals surface area contributed by atoms with Crippen molar-refractivity contribution in [3.8, 4) is 0 Å². The van der Waals surface area contributed by atoms with E-state index in [9.17, 15) is 9.59 Å². The lowest BCUT2D eigenvalue weighted by Gasteiger charge is -2.02. The summed E-state index contributed by atoms with van der Waals surface area (Å²) in [5, 5.41) is 10.6. The summed E-state index contributed by atoms with van der Waals surface area (Å²) >= 11 is 0. The number of hydrogen-bond donors (Lipinski definition) is 2. The highest BCUT2D eigenvalue weighted by molar-refractivity contribution is 6.14. The first-order valence-corrected chi connectivity index (χ1v) is 5.85. The van der Waals surface area contributed by atoms with Crippen molar-refractivity contribution < 1.29 is 19.4 Å². The van der Waals surface area contributed by atoms with Crippen LogP contribution in [0.15, 0.2) is 30.3 Å². The highest BCUT2D eigenvalue weighted by Crippen LogP contribution is 2.27. The van der Waals surface area contributed by atoms with Gasteiger partial charge in [0.05, 0.1) is 12.6 Å². The Morgan fingerprint density at radius 1 is 1.25 bits per heavy atom. The molecule has 6 heteroatoms. The van der Waals surface area contributed by atoms with Crippen molar-refractivity contribution in [2.75, 3.05) is 7.11 Å². The SMILES string of the molecule is COC(=O)c1nc(C(=O)O)cc2c1[nH]c1ccccc12. The standard InChI is InChI=1S/C14H10N2O4/c1-20-14(19)12-11-8(6-10(16-12)13(17)18)7-4-2-3-5-9(7)15-11/h2-6,15H,1H3,(H,17,18). The molecular weight excluding hydrogens is 260 g/mol. The number of carboxylic acid groups (broad SMARTS) is 1. The second kappa shape index (κ2) is 4.34. The minimum Gasteiger partial charge on any atom is -0.477 e. The van der Waals surface area contributed by atoms with E-state index in [0.29, 0.717) is 10.9 Å². The first kappa shape index (κ1) is 12.2. The molecule has 2 aromatic heterocycles. The molecule has 0 radical (unpaired) electrons. The molecule has 0 aliphatic heterocycles. The van der Waals surface area contributed by atoms with Crippen molar-refractivity contribution in [3.63, 3.8) is 0 Å². The van der Waals surface area contributed by atoms with Crippen LogP contribution in [0.4, 0.5) is 0 Å². The number of rotatable bonds is 2. The van der Waals surface area contributed by atoms with Gasteiger partial charge in [0.25, 0.3) is 0 Å². The van der Waals surface area contributed by atoms with E-state index in [1.54, 1.807) is 0 Å². The summed E-state index contributed by atoms with van der Waals surface area (Å²) in [4.78, 5) is 29.9. The molecule has 0 fully saturated rings. The lowest BCUT2D eigenvalue weighted by Crippen LogP contribution is -2.10. The number of carbonyl (C=O) groups is 2. The maximum Gasteiger partial charge on any atom is 0.358 e. The van der Waals surface area contributed by atoms with Gasteiger partial charge in [-0.2, -0.15) is 0 Å². The molecule has 0 spiro atoms. The molecule has 3 aromatic rings. The number of nitrogens with zero attached hydrogens (tertiary/aromatic N) is 1. The van der Waals surface area contributed by atoms with Crippen LogP contribution in [0.2, 0.25) is 0 Å². The van der Waals surface area contributed by atoms with Crippen LogP contribution in [0.5, 0.6) is 0 Å². The van der Waals surface area contributed by atoms with Crippen molar-refractivity contribution >= 4 is 33.7 Å². The predicted molar refractivity (Wildman–Crippen MR) is 71.9 cm³/mol. The molecule has 0 amide bonds. The van der Waals surface area contributed by atoms with Crippen LogP contribution in [0.3, 0.4) is 0 Å². The van der Waals surface area contributed by atoms with Gasteiger partial charge in [0, 0.05) is 16.3 Å². The normalized spacial score (nSPS) is 10.8. The highest BCUT2D eigenvalue weighted by atomic mass is 16.5. The molecule has 2 heterocycles. The number of H-pyrrole nitrogens is 1. The van der Waals surface area contributed by atoms with Crippen molar-refractivity contribution in [2.45, 2.75) is 0 Å². The van der Waals surface area contributed by atoms with E-state index in [1.165, 1.54) is 13.2 Å². The monoisotopic (exact) mass is 270 g/mol. The van der Waals surface area contributed by atoms with Gasteiger partial charge in [-0.1, -0.05) is 18.2 Å². The summed E-state index contributed by atoms with van der Waals surface area (Å²) in [5.41, 5.74) is 1.06. The van der Waals surface area contributed by atoms with Crippen molar-refractivity contribution in [1.82, 2.24) is 9.97 Å². The van der Waals surface area contributed by atoms with Crippen LogP contribution in [-0.2, 0) is 4.74 Å². The summed E-state index contributed by atoms with van der Waals surface area (Å²) in [7, 11) is 1.23. The second-order valence-corrected chi connectivity index (χ2v) is 4.25. The molecule has 1 aromatic carbocycles. The van der Waals surface area contributed by atoms with Crippen LogP contribution < -0.4 is 0 Å². The maximum atomic E-state index is 11.8. The number of nitrogens with one attached hydrogen (secondary N) is 1. The van der Waals surface area contributed by atoms with Crippen LogP contribution >= 0.6 is 0 Å². The summed E-state index contributed by atoms with van der Waals surface area (Å²) in [5.74, 6) is -1.87. The Morgan fingerprint density at radius 2 is 2.00 bits per heavy atom. The fraction of sp³-hybridized carbons (Fsp3) is 0.0714. The van der Waals surface area contributed by atoms with Crippen LogP contribution in [0, 0.1) is 0 Å². The lowest BCUT2D eigenvalue weighted by atomic mass is 10.1. The average Bonchev–Trinajstić information content (AvgIpc) is 2.84. The van der Waals surface area contributed by atoms with Gasteiger partial charge in [0.1, 0.15) is 5.69 Å². The zero-order valence-electron chi connectivity index (χ0n) is 10.5. The van der Waals surface area contributed by atoms with Gasteiger partial charge in [-0.25, -0.2) is 14.6 Å². The topological polar surface area (TPSA) is 92.3 Å². The second-order valence-electron chi connectivity index (χ2n) is 4.25. The molecule has 100 valence electrons. The molecule has 0 saturated heterocycles. The van der Waals surface area contributed by atoms with Gasteiger partial charge in [-0.05, 0) is 12.1 Å².